The topological polar surface area (TPSA) is 62.7 Å². The molecule has 0 aliphatic carbocycles. The van der Waals surface area contributed by atoms with Crippen molar-refractivity contribution in [2.75, 3.05) is 11.4 Å². The van der Waals surface area contributed by atoms with Crippen molar-refractivity contribution < 1.29 is 14.6 Å². The number of carbonyl (C=O) groups is 1. The number of amides is 1. The van der Waals surface area contributed by atoms with Gasteiger partial charge in [-0.05, 0) is 47.1 Å². The maximum atomic E-state index is 12.2. The van der Waals surface area contributed by atoms with Gasteiger partial charge in [0.05, 0.1) is 11.4 Å². The van der Waals surface area contributed by atoms with Crippen LogP contribution >= 0.6 is 0 Å². The Morgan fingerprint density at radius 2 is 2.00 bits per heavy atom. The van der Waals surface area contributed by atoms with Gasteiger partial charge in [0.1, 0.15) is 11.2 Å². The molecule has 5 nitrogen and oxygen atoms in total. The Balaban J connectivity index is 2.33. The van der Waals surface area contributed by atoms with Gasteiger partial charge in [-0.1, -0.05) is 0 Å². The van der Waals surface area contributed by atoms with Crippen LogP contribution in [0.5, 0.6) is 0 Å². The monoisotopic (exact) mass is 278 g/mol. The number of carbonyl (C=O) groups excluding carboxylic acids is 1. The van der Waals surface area contributed by atoms with Gasteiger partial charge in [0.15, 0.2) is 0 Å². The van der Waals surface area contributed by atoms with Gasteiger partial charge < -0.3 is 9.84 Å². The molecule has 0 radical (unpaired) electrons. The second-order valence-corrected chi connectivity index (χ2v) is 6.60. The van der Waals surface area contributed by atoms with Crippen molar-refractivity contribution in [1.82, 2.24) is 4.98 Å². The molecule has 0 saturated heterocycles. The number of aliphatic hydroxyl groups is 1. The van der Waals surface area contributed by atoms with Crippen LogP contribution in [-0.2, 0) is 16.8 Å². The van der Waals surface area contributed by atoms with Gasteiger partial charge in [-0.25, -0.2) is 4.79 Å². The lowest BCUT2D eigenvalue weighted by Gasteiger charge is -2.25. The van der Waals surface area contributed by atoms with E-state index in [0.717, 1.165) is 11.3 Å². The zero-order valence-corrected chi connectivity index (χ0v) is 12.7. The van der Waals surface area contributed by atoms with Gasteiger partial charge in [-0.15, -0.1) is 0 Å². The summed E-state index contributed by atoms with van der Waals surface area (Å²) in [7, 11) is 0. The Bertz CT molecular complexity index is 527. The van der Waals surface area contributed by atoms with E-state index in [2.05, 4.69) is 4.98 Å². The van der Waals surface area contributed by atoms with Gasteiger partial charge >= 0.3 is 6.09 Å². The van der Waals surface area contributed by atoms with Crippen LogP contribution in [0.3, 0.4) is 0 Å². The Morgan fingerprint density at radius 3 is 2.55 bits per heavy atom. The van der Waals surface area contributed by atoms with E-state index in [1.54, 1.807) is 31.0 Å². The molecule has 0 bridgehead atoms. The Hall–Kier alpha value is -1.62. The molecule has 0 fully saturated rings. The smallest absolute Gasteiger partial charge is 0.414 e. The van der Waals surface area contributed by atoms with Crippen LogP contribution in [0, 0.1) is 0 Å². The summed E-state index contributed by atoms with van der Waals surface area (Å²) in [6.45, 7) is 9.49. The third kappa shape index (κ3) is 2.93. The van der Waals surface area contributed by atoms with E-state index in [4.69, 9.17) is 4.74 Å². The number of aromatic nitrogens is 1. The molecule has 0 spiro atoms. The van der Waals surface area contributed by atoms with Gasteiger partial charge in [0, 0.05) is 18.3 Å². The highest BCUT2D eigenvalue weighted by Gasteiger charge is 2.33. The average Bonchev–Trinajstić information content (AvgIpc) is 2.68. The van der Waals surface area contributed by atoms with Gasteiger partial charge in [-0.2, -0.15) is 0 Å². The molecule has 1 amide bonds. The molecule has 2 rings (SSSR count). The fourth-order valence-electron chi connectivity index (χ4n) is 2.36. The standard InChI is InChI=1S/C15H22N2O3/c1-14(2,3)20-13(18)17-9-7-10-11(17)6-8-16-12(10)15(4,5)19/h6,8,19H,7,9H2,1-5H3. The van der Waals surface area contributed by atoms with E-state index in [-0.39, 0.29) is 6.09 Å². The second kappa shape index (κ2) is 4.74. The minimum Gasteiger partial charge on any atom is -0.443 e. The van der Waals surface area contributed by atoms with Crippen molar-refractivity contribution in [3.8, 4) is 0 Å². The molecule has 0 saturated carbocycles. The first-order valence-electron chi connectivity index (χ1n) is 6.81. The highest BCUT2D eigenvalue weighted by atomic mass is 16.6. The quantitative estimate of drug-likeness (QED) is 0.857. The normalized spacial score (nSPS) is 15.2. The molecule has 0 unspecified atom stereocenters. The van der Waals surface area contributed by atoms with Crippen molar-refractivity contribution in [3.05, 3.63) is 23.5 Å². The number of anilines is 1. The molecule has 0 aromatic carbocycles. The lowest BCUT2D eigenvalue weighted by molar-refractivity contribution is 0.0583. The molecule has 20 heavy (non-hydrogen) atoms. The molecule has 1 aliphatic heterocycles. The van der Waals surface area contributed by atoms with E-state index in [9.17, 15) is 9.90 Å². The molecular weight excluding hydrogens is 256 g/mol. The van der Waals surface area contributed by atoms with Crippen molar-refractivity contribution in [2.24, 2.45) is 0 Å². The molecule has 110 valence electrons. The van der Waals surface area contributed by atoms with Crippen LogP contribution in [0.15, 0.2) is 12.3 Å². The summed E-state index contributed by atoms with van der Waals surface area (Å²) in [5.41, 5.74) is 0.791. The molecular formula is C15H22N2O3. The van der Waals surface area contributed by atoms with Crippen LogP contribution in [-0.4, -0.2) is 28.3 Å². The van der Waals surface area contributed by atoms with Crippen LogP contribution in [0.25, 0.3) is 0 Å². The van der Waals surface area contributed by atoms with E-state index in [0.29, 0.717) is 18.7 Å². The lowest BCUT2D eigenvalue weighted by Crippen LogP contribution is -2.35. The first kappa shape index (κ1) is 14.8. The zero-order valence-electron chi connectivity index (χ0n) is 12.7. The van der Waals surface area contributed by atoms with Crippen LogP contribution < -0.4 is 4.90 Å². The number of hydrogen-bond donors (Lipinski definition) is 1. The summed E-state index contributed by atoms with van der Waals surface area (Å²) in [6, 6.07) is 1.79. The van der Waals surface area contributed by atoms with E-state index in [1.165, 1.54) is 0 Å². The molecule has 1 aromatic heterocycles. The maximum absolute atomic E-state index is 12.2. The minimum atomic E-state index is -1.02. The average molecular weight is 278 g/mol. The predicted molar refractivity (Wildman–Crippen MR) is 76.8 cm³/mol. The number of hydrogen-bond acceptors (Lipinski definition) is 4. The van der Waals surface area contributed by atoms with Crippen LogP contribution in [0.1, 0.15) is 45.9 Å². The van der Waals surface area contributed by atoms with E-state index in [1.807, 2.05) is 20.8 Å². The zero-order chi connectivity index (χ0) is 15.1. The Kier molecular flexibility index (Phi) is 3.50. The summed E-state index contributed by atoms with van der Waals surface area (Å²) in [4.78, 5) is 18.1. The fourth-order valence-corrected chi connectivity index (χ4v) is 2.36. The lowest BCUT2D eigenvalue weighted by atomic mass is 9.98. The third-order valence-electron chi connectivity index (χ3n) is 3.10. The van der Waals surface area contributed by atoms with Gasteiger partial charge in [0.25, 0.3) is 0 Å². The number of fused-ring (bicyclic) bond motifs is 1. The van der Waals surface area contributed by atoms with E-state index >= 15 is 0 Å². The number of pyridine rings is 1. The first-order chi connectivity index (χ1) is 9.09. The van der Waals surface area contributed by atoms with Crippen molar-refractivity contribution in [3.63, 3.8) is 0 Å². The second-order valence-electron chi connectivity index (χ2n) is 6.60. The molecule has 5 heteroatoms. The SMILES string of the molecule is CC(C)(C)OC(=O)N1CCc2c1ccnc2C(C)(C)O. The summed E-state index contributed by atoms with van der Waals surface area (Å²) < 4.78 is 5.41. The summed E-state index contributed by atoms with van der Waals surface area (Å²) in [5, 5.41) is 10.2. The van der Waals surface area contributed by atoms with Crippen molar-refractivity contribution in [1.29, 1.82) is 0 Å². The summed E-state index contributed by atoms with van der Waals surface area (Å²) in [6.07, 6.45) is 1.94. The van der Waals surface area contributed by atoms with Crippen LogP contribution in [0.2, 0.25) is 0 Å². The minimum absolute atomic E-state index is 0.357. The van der Waals surface area contributed by atoms with Crippen LogP contribution in [0.4, 0.5) is 10.5 Å². The molecule has 1 aromatic rings. The highest BCUT2D eigenvalue weighted by molar-refractivity contribution is 5.90. The van der Waals surface area contributed by atoms with Gasteiger partial charge in [0.2, 0.25) is 0 Å². The third-order valence-corrected chi connectivity index (χ3v) is 3.10. The molecule has 0 atom stereocenters. The number of nitrogens with zero attached hydrogens (tertiary/aromatic N) is 2. The number of ether oxygens (including phenoxy) is 1. The first-order valence-corrected chi connectivity index (χ1v) is 6.81. The maximum Gasteiger partial charge on any atom is 0.414 e. The molecule has 2 heterocycles. The summed E-state index contributed by atoms with van der Waals surface area (Å²) in [5.74, 6) is 0. The Morgan fingerprint density at radius 1 is 1.35 bits per heavy atom. The largest absolute Gasteiger partial charge is 0.443 e. The van der Waals surface area contributed by atoms with Crippen molar-refractivity contribution >= 4 is 11.8 Å². The molecule has 1 aliphatic rings. The predicted octanol–water partition coefficient (Wildman–Crippen LogP) is 2.61. The summed E-state index contributed by atoms with van der Waals surface area (Å²) >= 11 is 0. The highest BCUT2D eigenvalue weighted by Crippen LogP contribution is 2.34. The molecule has 1 N–H and O–H groups in total. The number of rotatable bonds is 1. The fraction of sp³-hybridized carbons (Fsp3) is 0.600. The Labute approximate surface area is 119 Å². The van der Waals surface area contributed by atoms with E-state index < -0.39 is 11.2 Å². The van der Waals surface area contributed by atoms with Gasteiger partial charge in [-0.3, -0.25) is 9.88 Å². The van der Waals surface area contributed by atoms with Crippen molar-refractivity contribution in [2.45, 2.75) is 52.2 Å².